The summed E-state index contributed by atoms with van der Waals surface area (Å²) in [5.74, 6) is 0.703. The van der Waals surface area contributed by atoms with E-state index in [1.54, 1.807) is 31.3 Å². The lowest BCUT2D eigenvalue weighted by molar-refractivity contribution is 0.309. The zero-order chi connectivity index (χ0) is 14.6. The van der Waals surface area contributed by atoms with Gasteiger partial charge < -0.3 is 10.1 Å². The Morgan fingerprint density at radius 3 is 2.50 bits per heavy atom. The van der Waals surface area contributed by atoms with Crippen molar-refractivity contribution in [3.8, 4) is 5.75 Å². The fourth-order valence-electron chi connectivity index (χ4n) is 1.95. The van der Waals surface area contributed by atoms with Gasteiger partial charge in [-0.05, 0) is 57.1 Å². The van der Waals surface area contributed by atoms with Gasteiger partial charge in [-0.3, -0.25) is 0 Å². The highest BCUT2D eigenvalue weighted by Crippen LogP contribution is 2.30. The molecule has 1 fully saturated rings. The van der Waals surface area contributed by atoms with Gasteiger partial charge in [0.25, 0.3) is 0 Å². The molecule has 0 unspecified atom stereocenters. The van der Waals surface area contributed by atoms with Gasteiger partial charge in [0.1, 0.15) is 5.75 Å². The Hall–Kier alpha value is -1.11. The molecule has 0 radical (unpaired) electrons. The van der Waals surface area contributed by atoms with Gasteiger partial charge >= 0.3 is 0 Å². The zero-order valence-electron chi connectivity index (χ0n) is 12.0. The number of nitrogens with zero attached hydrogens (tertiary/aromatic N) is 1. The van der Waals surface area contributed by atoms with E-state index in [0.29, 0.717) is 17.3 Å². The molecular formula is C14H22N2O3S. The lowest BCUT2D eigenvalue weighted by Crippen LogP contribution is -2.28. The molecule has 1 N–H and O–H groups in total. The number of ether oxygens (including phenoxy) is 1. The Kier molecular flexibility index (Phi) is 5.01. The maximum Gasteiger partial charge on any atom is 0.243 e. The Bertz CT molecular complexity index is 524. The van der Waals surface area contributed by atoms with Crippen LogP contribution in [0.2, 0.25) is 0 Å². The van der Waals surface area contributed by atoms with Gasteiger partial charge in [-0.2, -0.15) is 4.31 Å². The van der Waals surface area contributed by atoms with Crippen LogP contribution in [0.5, 0.6) is 5.75 Å². The first-order valence-corrected chi connectivity index (χ1v) is 8.35. The molecule has 0 bridgehead atoms. The monoisotopic (exact) mass is 298 g/mol. The van der Waals surface area contributed by atoms with E-state index in [0.717, 1.165) is 25.8 Å². The van der Waals surface area contributed by atoms with E-state index in [-0.39, 0.29) is 6.04 Å². The number of rotatable bonds is 8. The van der Waals surface area contributed by atoms with E-state index in [1.165, 1.54) is 4.31 Å². The summed E-state index contributed by atoms with van der Waals surface area (Å²) < 4.78 is 31.6. The number of hydrogen-bond acceptors (Lipinski definition) is 4. The fourth-order valence-corrected chi connectivity index (χ4v) is 3.36. The summed E-state index contributed by atoms with van der Waals surface area (Å²) in [5, 5.41) is 3.05. The van der Waals surface area contributed by atoms with Crippen LogP contribution in [0.3, 0.4) is 0 Å². The number of sulfonamides is 1. The van der Waals surface area contributed by atoms with E-state index in [4.69, 9.17) is 4.74 Å². The summed E-state index contributed by atoms with van der Waals surface area (Å²) in [4.78, 5) is 0.328. The minimum absolute atomic E-state index is 0.178. The molecule has 1 aliphatic carbocycles. The Morgan fingerprint density at radius 2 is 1.95 bits per heavy atom. The van der Waals surface area contributed by atoms with Crippen LogP contribution in [0.4, 0.5) is 0 Å². The second-order valence-electron chi connectivity index (χ2n) is 5.03. The molecule has 0 aliphatic heterocycles. The predicted molar refractivity (Wildman–Crippen MR) is 78.5 cm³/mol. The molecule has 0 spiro atoms. The van der Waals surface area contributed by atoms with Gasteiger partial charge in [0.2, 0.25) is 10.0 Å². The number of benzene rings is 1. The lowest BCUT2D eigenvalue weighted by Gasteiger charge is -2.16. The standard InChI is InChI=1S/C14H22N2O3S/c1-15-10-3-11-19-13-6-8-14(9-7-13)20(17,18)16(2)12-4-5-12/h6-9,12,15H,3-5,10-11H2,1-2H3. The van der Waals surface area contributed by atoms with Crippen molar-refractivity contribution < 1.29 is 13.2 Å². The minimum Gasteiger partial charge on any atom is -0.494 e. The average Bonchev–Trinajstić information content (AvgIpc) is 3.28. The van der Waals surface area contributed by atoms with Crippen LogP contribution >= 0.6 is 0 Å². The van der Waals surface area contributed by atoms with Crippen LogP contribution in [-0.2, 0) is 10.0 Å². The molecule has 20 heavy (non-hydrogen) atoms. The highest BCUT2D eigenvalue weighted by Gasteiger charge is 2.34. The molecule has 0 heterocycles. The lowest BCUT2D eigenvalue weighted by atomic mass is 10.3. The molecule has 5 nitrogen and oxygen atoms in total. The molecule has 1 aromatic carbocycles. The van der Waals surface area contributed by atoms with E-state index < -0.39 is 10.0 Å². The van der Waals surface area contributed by atoms with Gasteiger partial charge in [-0.1, -0.05) is 0 Å². The van der Waals surface area contributed by atoms with Crippen molar-refractivity contribution in [1.82, 2.24) is 9.62 Å². The van der Waals surface area contributed by atoms with Crippen LogP contribution < -0.4 is 10.1 Å². The largest absolute Gasteiger partial charge is 0.494 e. The fraction of sp³-hybridized carbons (Fsp3) is 0.571. The van der Waals surface area contributed by atoms with Crippen LogP contribution in [0.1, 0.15) is 19.3 Å². The molecule has 112 valence electrons. The molecule has 1 saturated carbocycles. The van der Waals surface area contributed by atoms with Gasteiger partial charge in [-0.15, -0.1) is 0 Å². The molecule has 0 aromatic heterocycles. The number of nitrogens with one attached hydrogen (secondary N) is 1. The molecule has 2 rings (SSSR count). The summed E-state index contributed by atoms with van der Waals surface area (Å²) >= 11 is 0. The Labute approximate surface area is 121 Å². The number of hydrogen-bond donors (Lipinski definition) is 1. The summed E-state index contributed by atoms with van der Waals surface area (Å²) in [5.41, 5.74) is 0. The SMILES string of the molecule is CNCCCOc1ccc(S(=O)(=O)N(C)C2CC2)cc1. The van der Waals surface area contributed by atoms with Crippen molar-refractivity contribution in [3.63, 3.8) is 0 Å². The summed E-state index contributed by atoms with van der Waals surface area (Å²) in [6.45, 7) is 1.52. The second-order valence-corrected chi connectivity index (χ2v) is 7.03. The highest BCUT2D eigenvalue weighted by molar-refractivity contribution is 7.89. The van der Waals surface area contributed by atoms with Crippen molar-refractivity contribution in [3.05, 3.63) is 24.3 Å². The summed E-state index contributed by atoms with van der Waals surface area (Å²) in [6.07, 6.45) is 2.84. The first-order chi connectivity index (χ1) is 9.55. The maximum atomic E-state index is 12.3. The second kappa shape index (κ2) is 6.56. The van der Waals surface area contributed by atoms with Gasteiger partial charge in [0.05, 0.1) is 11.5 Å². The Balaban J connectivity index is 1.96. The normalized spacial score (nSPS) is 15.6. The molecule has 0 atom stereocenters. The molecular weight excluding hydrogens is 276 g/mol. The van der Waals surface area contributed by atoms with Crippen molar-refractivity contribution in [2.75, 3.05) is 27.2 Å². The third-order valence-corrected chi connectivity index (χ3v) is 5.33. The first kappa shape index (κ1) is 15.3. The van der Waals surface area contributed by atoms with E-state index in [1.807, 2.05) is 7.05 Å². The van der Waals surface area contributed by atoms with Crippen molar-refractivity contribution in [2.24, 2.45) is 0 Å². The van der Waals surface area contributed by atoms with Crippen molar-refractivity contribution in [1.29, 1.82) is 0 Å². The zero-order valence-corrected chi connectivity index (χ0v) is 12.8. The van der Waals surface area contributed by atoms with Gasteiger partial charge in [-0.25, -0.2) is 8.42 Å². The summed E-state index contributed by atoms with van der Waals surface area (Å²) in [7, 11) is 0.193. The van der Waals surface area contributed by atoms with Crippen molar-refractivity contribution in [2.45, 2.75) is 30.2 Å². The van der Waals surface area contributed by atoms with Crippen molar-refractivity contribution >= 4 is 10.0 Å². The average molecular weight is 298 g/mol. The smallest absolute Gasteiger partial charge is 0.243 e. The maximum absolute atomic E-state index is 12.3. The molecule has 6 heteroatoms. The van der Waals surface area contributed by atoms with E-state index in [9.17, 15) is 8.42 Å². The third-order valence-electron chi connectivity index (χ3n) is 3.40. The molecule has 0 saturated heterocycles. The highest BCUT2D eigenvalue weighted by atomic mass is 32.2. The van der Waals surface area contributed by atoms with Crippen LogP contribution in [0.15, 0.2) is 29.2 Å². The minimum atomic E-state index is -3.35. The van der Waals surface area contributed by atoms with E-state index >= 15 is 0 Å². The third kappa shape index (κ3) is 3.71. The summed E-state index contributed by atoms with van der Waals surface area (Å²) in [6, 6.07) is 6.83. The first-order valence-electron chi connectivity index (χ1n) is 6.91. The Morgan fingerprint density at radius 1 is 1.30 bits per heavy atom. The van der Waals surface area contributed by atoms with Gasteiger partial charge in [0.15, 0.2) is 0 Å². The van der Waals surface area contributed by atoms with Crippen LogP contribution in [0.25, 0.3) is 0 Å². The quantitative estimate of drug-likeness (QED) is 0.738. The molecule has 0 amide bonds. The van der Waals surface area contributed by atoms with Crippen LogP contribution in [-0.4, -0.2) is 46.0 Å². The van der Waals surface area contributed by atoms with E-state index in [2.05, 4.69) is 5.32 Å². The molecule has 1 aliphatic rings. The molecule has 1 aromatic rings. The van der Waals surface area contributed by atoms with Crippen LogP contribution in [0, 0.1) is 0 Å². The topological polar surface area (TPSA) is 58.6 Å². The predicted octanol–water partition coefficient (Wildman–Crippen LogP) is 1.46. The van der Waals surface area contributed by atoms with Gasteiger partial charge in [0, 0.05) is 13.1 Å².